The summed E-state index contributed by atoms with van der Waals surface area (Å²) < 4.78 is 26.0. The molecule has 5 heteroatoms. The minimum Gasteiger partial charge on any atom is -0.342 e. The Labute approximate surface area is 130 Å². The monoisotopic (exact) mass is 310 g/mol. The van der Waals surface area contributed by atoms with Gasteiger partial charge >= 0.3 is 0 Å². The molecule has 2 rings (SSSR count). The van der Waals surface area contributed by atoms with Crippen molar-refractivity contribution in [3.63, 3.8) is 0 Å². The fourth-order valence-electron chi connectivity index (χ4n) is 2.96. The van der Waals surface area contributed by atoms with E-state index in [-0.39, 0.29) is 11.9 Å². The topological polar surface area (TPSA) is 46.3 Å². The van der Waals surface area contributed by atoms with Gasteiger partial charge in [-0.25, -0.2) is 8.78 Å². The number of likely N-dealkylation sites (tertiary alicyclic amines) is 1. The predicted molar refractivity (Wildman–Crippen MR) is 82.2 cm³/mol. The van der Waals surface area contributed by atoms with Crippen molar-refractivity contribution in [1.29, 1.82) is 0 Å². The van der Waals surface area contributed by atoms with Crippen LogP contribution in [0.2, 0.25) is 0 Å². The highest BCUT2D eigenvalue weighted by Crippen LogP contribution is 2.20. The van der Waals surface area contributed by atoms with E-state index in [0.29, 0.717) is 25.2 Å². The maximum absolute atomic E-state index is 13.1. The Morgan fingerprint density at radius 1 is 1.41 bits per heavy atom. The number of nitrogens with two attached hydrogens (primary N) is 1. The molecule has 1 saturated heterocycles. The molecule has 2 N–H and O–H groups in total. The van der Waals surface area contributed by atoms with Crippen molar-refractivity contribution >= 4 is 5.91 Å². The van der Waals surface area contributed by atoms with Gasteiger partial charge in [-0.2, -0.15) is 0 Å². The van der Waals surface area contributed by atoms with E-state index in [1.165, 1.54) is 6.07 Å². The lowest BCUT2D eigenvalue weighted by atomic mass is 9.92. The van der Waals surface area contributed by atoms with E-state index in [1.54, 1.807) is 6.07 Å². The van der Waals surface area contributed by atoms with Crippen molar-refractivity contribution in [2.75, 3.05) is 13.1 Å². The van der Waals surface area contributed by atoms with Crippen LogP contribution in [0.5, 0.6) is 0 Å². The predicted octanol–water partition coefficient (Wildman–Crippen LogP) is 2.87. The average molecular weight is 310 g/mol. The normalized spacial score (nSPS) is 20.0. The van der Waals surface area contributed by atoms with Crippen LogP contribution in [0.1, 0.15) is 38.2 Å². The maximum atomic E-state index is 13.1. The Morgan fingerprint density at radius 2 is 2.18 bits per heavy atom. The van der Waals surface area contributed by atoms with Crippen LogP contribution in [0.3, 0.4) is 0 Å². The Bertz CT molecular complexity index is 519. The summed E-state index contributed by atoms with van der Waals surface area (Å²) >= 11 is 0. The summed E-state index contributed by atoms with van der Waals surface area (Å²) in [4.78, 5) is 14.1. The third-order valence-electron chi connectivity index (χ3n) is 4.39. The zero-order chi connectivity index (χ0) is 16.1. The molecule has 0 spiro atoms. The molecule has 0 aromatic heterocycles. The molecule has 1 aliphatic rings. The summed E-state index contributed by atoms with van der Waals surface area (Å²) in [6, 6.07) is 4.01. The first-order valence-corrected chi connectivity index (χ1v) is 7.94. The number of benzene rings is 1. The molecule has 0 saturated carbocycles. The highest BCUT2D eigenvalue weighted by Gasteiger charge is 2.25. The number of halogens is 2. The molecule has 122 valence electrons. The number of hydrogen-bond acceptors (Lipinski definition) is 2. The molecular formula is C17H24F2N2O. The molecule has 0 bridgehead atoms. The number of carbonyl (C=O) groups excluding carboxylic acids is 1. The van der Waals surface area contributed by atoms with Crippen LogP contribution in [-0.4, -0.2) is 29.9 Å². The Balaban J connectivity index is 1.78. The molecule has 2 atom stereocenters. The third kappa shape index (κ3) is 4.50. The second-order valence-corrected chi connectivity index (χ2v) is 6.20. The van der Waals surface area contributed by atoms with Crippen molar-refractivity contribution in [2.24, 2.45) is 11.7 Å². The van der Waals surface area contributed by atoms with E-state index >= 15 is 0 Å². The quantitative estimate of drug-likeness (QED) is 0.909. The van der Waals surface area contributed by atoms with Gasteiger partial charge in [0.1, 0.15) is 0 Å². The second kappa shape index (κ2) is 7.68. The second-order valence-electron chi connectivity index (χ2n) is 6.20. The van der Waals surface area contributed by atoms with E-state index in [1.807, 2.05) is 11.8 Å². The molecule has 1 aromatic rings. The lowest BCUT2D eigenvalue weighted by Gasteiger charge is -2.34. The van der Waals surface area contributed by atoms with Crippen molar-refractivity contribution in [3.05, 3.63) is 35.4 Å². The maximum Gasteiger partial charge on any atom is 0.222 e. The van der Waals surface area contributed by atoms with Gasteiger partial charge in [-0.1, -0.05) is 6.07 Å². The molecular weight excluding hydrogens is 286 g/mol. The number of hydrogen-bond donors (Lipinski definition) is 1. The van der Waals surface area contributed by atoms with Crippen LogP contribution in [0.15, 0.2) is 18.2 Å². The molecule has 1 amide bonds. The number of amides is 1. The summed E-state index contributed by atoms with van der Waals surface area (Å²) in [5.74, 6) is -1.16. The van der Waals surface area contributed by atoms with E-state index < -0.39 is 11.6 Å². The van der Waals surface area contributed by atoms with Crippen molar-refractivity contribution in [3.8, 4) is 0 Å². The minimum absolute atomic E-state index is 0.109. The number of carbonyl (C=O) groups is 1. The van der Waals surface area contributed by atoms with E-state index in [2.05, 4.69) is 0 Å². The highest BCUT2D eigenvalue weighted by molar-refractivity contribution is 5.76. The molecule has 0 radical (unpaired) electrons. The summed E-state index contributed by atoms with van der Waals surface area (Å²) in [6.07, 6.45) is 3.73. The van der Waals surface area contributed by atoms with Crippen LogP contribution in [0.4, 0.5) is 8.78 Å². The van der Waals surface area contributed by atoms with Crippen LogP contribution >= 0.6 is 0 Å². The van der Waals surface area contributed by atoms with Crippen LogP contribution in [0, 0.1) is 17.6 Å². The van der Waals surface area contributed by atoms with Crippen molar-refractivity contribution < 1.29 is 13.6 Å². The largest absolute Gasteiger partial charge is 0.342 e. The Hall–Kier alpha value is -1.49. The third-order valence-corrected chi connectivity index (χ3v) is 4.39. The van der Waals surface area contributed by atoms with Crippen LogP contribution < -0.4 is 5.73 Å². The van der Waals surface area contributed by atoms with Crippen LogP contribution in [-0.2, 0) is 11.2 Å². The van der Waals surface area contributed by atoms with Crippen molar-refractivity contribution in [2.45, 2.75) is 45.1 Å². The molecule has 1 heterocycles. The van der Waals surface area contributed by atoms with Gasteiger partial charge in [0.05, 0.1) is 0 Å². The first-order chi connectivity index (χ1) is 10.5. The Kier molecular flexibility index (Phi) is 5.89. The van der Waals surface area contributed by atoms with Gasteiger partial charge < -0.3 is 10.6 Å². The summed E-state index contributed by atoms with van der Waals surface area (Å²) in [6.45, 7) is 3.52. The van der Waals surface area contributed by atoms with E-state index in [9.17, 15) is 13.6 Å². The molecule has 2 unspecified atom stereocenters. The first kappa shape index (κ1) is 16.9. The fraction of sp³-hybridized carbons (Fsp3) is 0.588. The molecule has 1 fully saturated rings. The molecule has 0 aliphatic carbocycles. The smallest absolute Gasteiger partial charge is 0.222 e. The summed E-state index contributed by atoms with van der Waals surface area (Å²) in [7, 11) is 0. The minimum atomic E-state index is -0.838. The van der Waals surface area contributed by atoms with Crippen LogP contribution in [0.25, 0.3) is 0 Å². The number of rotatable bonds is 5. The number of nitrogens with zero attached hydrogens (tertiary/aromatic N) is 1. The molecule has 1 aliphatic heterocycles. The van der Waals surface area contributed by atoms with Gasteiger partial charge in [0.25, 0.3) is 0 Å². The Morgan fingerprint density at radius 3 is 2.86 bits per heavy atom. The van der Waals surface area contributed by atoms with Crippen molar-refractivity contribution in [1.82, 2.24) is 4.90 Å². The standard InChI is InChI=1S/C17H24F2N2O/c1-12(20)14-5-3-9-21(11-14)17(22)6-2-4-13-7-8-15(18)16(19)10-13/h7-8,10,12,14H,2-6,9,11,20H2,1H3. The van der Waals surface area contributed by atoms with Gasteiger partial charge in [0.15, 0.2) is 11.6 Å². The van der Waals surface area contributed by atoms with E-state index in [0.717, 1.165) is 37.6 Å². The first-order valence-electron chi connectivity index (χ1n) is 7.94. The van der Waals surface area contributed by atoms with Gasteiger partial charge in [-0.15, -0.1) is 0 Å². The SMILES string of the molecule is CC(N)C1CCCN(C(=O)CCCc2ccc(F)c(F)c2)C1. The van der Waals surface area contributed by atoms with Gasteiger partial charge in [-0.3, -0.25) is 4.79 Å². The van der Waals surface area contributed by atoms with Gasteiger partial charge in [0, 0.05) is 25.6 Å². The molecule has 3 nitrogen and oxygen atoms in total. The summed E-state index contributed by atoms with van der Waals surface area (Å²) in [5.41, 5.74) is 6.65. The zero-order valence-corrected chi connectivity index (χ0v) is 13.0. The number of aryl methyl sites for hydroxylation is 1. The average Bonchev–Trinajstić information content (AvgIpc) is 2.51. The fourth-order valence-corrected chi connectivity index (χ4v) is 2.96. The van der Waals surface area contributed by atoms with Gasteiger partial charge in [-0.05, 0) is 56.2 Å². The molecule has 1 aromatic carbocycles. The lowest BCUT2D eigenvalue weighted by Crippen LogP contribution is -2.45. The summed E-state index contributed by atoms with van der Waals surface area (Å²) in [5, 5.41) is 0. The van der Waals surface area contributed by atoms with Gasteiger partial charge in [0.2, 0.25) is 5.91 Å². The number of piperidine rings is 1. The lowest BCUT2D eigenvalue weighted by molar-refractivity contribution is -0.133. The zero-order valence-electron chi connectivity index (χ0n) is 13.0. The molecule has 22 heavy (non-hydrogen) atoms. The van der Waals surface area contributed by atoms with E-state index in [4.69, 9.17) is 5.73 Å². The highest BCUT2D eigenvalue weighted by atomic mass is 19.2.